The molecule has 0 aromatic heterocycles. The van der Waals surface area contributed by atoms with E-state index in [4.69, 9.17) is 4.74 Å². The SMILES string of the molecule is O=CC1c2ccc(O)c(I)c2Oc2c1ccc(O)c2I. The second-order valence-corrected chi connectivity index (χ2v) is 6.51. The van der Waals surface area contributed by atoms with Crippen molar-refractivity contribution in [3.63, 3.8) is 0 Å². The minimum Gasteiger partial charge on any atom is -0.507 e. The fourth-order valence-corrected chi connectivity index (χ4v) is 3.44. The lowest BCUT2D eigenvalue weighted by molar-refractivity contribution is -0.108. The van der Waals surface area contributed by atoms with Crippen LogP contribution in [0, 0.1) is 7.14 Å². The average Bonchev–Trinajstić information content (AvgIpc) is 2.45. The third-order valence-electron chi connectivity index (χ3n) is 3.22. The van der Waals surface area contributed by atoms with E-state index < -0.39 is 5.92 Å². The van der Waals surface area contributed by atoms with Gasteiger partial charge in [-0.05, 0) is 57.3 Å². The minimum absolute atomic E-state index is 0.104. The summed E-state index contributed by atoms with van der Waals surface area (Å²) in [4.78, 5) is 11.5. The third-order valence-corrected chi connectivity index (χ3v) is 5.31. The van der Waals surface area contributed by atoms with Gasteiger partial charge in [-0.15, -0.1) is 0 Å². The van der Waals surface area contributed by atoms with Gasteiger partial charge in [0.2, 0.25) is 0 Å². The van der Waals surface area contributed by atoms with Crippen molar-refractivity contribution in [2.24, 2.45) is 0 Å². The van der Waals surface area contributed by atoms with Crippen molar-refractivity contribution in [1.82, 2.24) is 0 Å². The number of hydrogen-bond donors (Lipinski definition) is 2. The Balaban J connectivity index is 2.30. The van der Waals surface area contributed by atoms with Crippen LogP contribution in [0.2, 0.25) is 0 Å². The summed E-state index contributed by atoms with van der Waals surface area (Å²) in [5.41, 5.74) is 1.44. The van der Waals surface area contributed by atoms with Crippen molar-refractivity contribution in [1.29, 1.82) is 0 Å². The fourth-order valence-electron chi connectivity index (χ4n) is 2.23. The number of halogens is 2. The van der Waals surface area contributed by atoms with Gasteiger partial charge in [0, 0.05) is 11.1 Å². The maximum Gasteiger partial charge on any atom is 0.148 e. The molecule has 0 fully saturated rings. The van der Waals surface area contributed by atoms with Gasteiger partial charge < -0.3 is 19.7 Å². The Morgan fingerprint density at radius 3 is 1.80 bits per heavy atom. The molecule has 6 heteroatoms. The fraction of sp³-hybridized carbons (Fsp3) is 0.0714. The summed E-state index contributed by atoms with van der Waals surface area (Å²) in [6.45, 7) is 0. The van der Waals surface area contributed by atoms with Crippen LogP contribution in [-0.2, 0) is 4.79 Å². The zero-order valence-corrected chi connectivity index (χ0v) is 14.2. The predicted molar refractivity (Wildman–Crippen MR) is 89.6 cm³/mol. The number of aldehydes is 1. The van der Waals surface area contributed by atoms with Gasteiger partial charge in [-0.3, -0.25) is 0 Å². The van der Waals surface area contributed by atoms with Crippen LogP contribution < -0.4 is 4.74 Å². The number of hydrogen-bond acceptors (Lipinski definition) is 4. The van der Waals surface area contributed by atoms with Gasteiger partial charge in [0.25, 0.3) is 0 Å². The van der Waals surface area contributed by atoms with Crippen molar-refractivity contribution in [3.05, 3.63) is 42.5 Å². The molecular formula is C14H8I2O4. The Hall–Kier alpha value is -1.03. The highest BCUT2D eigenvalue weighted by Gasteiger charge is 2.31. The predicted octanol–water partition coefficient (Wildman–Crippen LogP) is 3.74. The summed E-state index contributed by atoms with van der Waals surface area (Å²) in [5.74, 6) is 0.689. The quantitative estimate of drug-likeness (QED) is 0.469. The highest BCUT2D eigenvalue weighted by atomic mass is 127. The lowest BCUT2D eigenvalue weighted by Crippen LogP contribution is -2.13. The molecule has 1 aliphatic rings. The lowest BCUT2D eigenvalue weighted by Gasteiger charge is -2.27. The largest absolute Gasteiger partial charge is 0.507 e. The molecule has 102 valence electrons. The van der Waals surface area contributed by atoms with Gasteiger partial charge in [0.05, 0.1) is 13.1 Å². The molecular weight excluding hydrogens is 486 g/mol. The summed E-state index contributed by atoms with van der Waals surface area (Å²) in [6.07, 6.45) is 0.848. The normalized spacial score (nSPS) is 13.3. The Morgan fingerprint density at radius 1 is 0.950 bits per heavy atom. The summed E-state index contributed by atoms with van der Waals surface area (Å²) >= 11 is 3.95. The number of phenolic OH excluding ortho intramolecular Hbond substituents is 2. The van der Waals surface area contributed by atoms with Crippen LogP contribution in [0.1, 0.15) is 17.0 Å². The zero-order valence-electron chi connectivity index (χ0n) is 9.93. The van der Waals surface area contributed by atoms with Crippen molar-refractivity contribution in [3.8, 4) is 23.0 Å². The Bertz CT molecular complexity index is 670. The van der Waals surface area contributed by atoms with Crippen molar-refractivity contribution in [2.45, 2.75) is 5.92 Å². The van der Waals surface area contributed by atoms with Crippen LogP contribution in [0.25, 0.3) is 0 Å². The first-order valence-electron chi connectivity index (χ1n) is 5.70. The molecule has 3 rings (SSSR count). The van der Waals surface area contributed by atoms with Crippen LogP contribution in [0.4, 0.5) is 0 Å². The van der Waals surface area contributed by atoms with Crippen LogP contribution in [0.3, 0.4) is 0 Å². The molecule has 20 heavy (non-hydrogen) atoms. The molecule has 0 saturated carbocycles. The second kappa shape index (κ2) is 5.06. The van der Waals surface area contributed by atoms with Crippen LogP contribution in [0.5, 0.6) is 23.0 Å². The number of carbonyl (C=O) groups excluding carboxylic acids is 1. The van der Waals surface area contributed by atoms with E-state index in [1.54, 1.807) is 24.3 Å². The molecule has 0 atom stereocenters. The van der Waals surface area contributed by atoms with E-state index in [-0.39, 0.29) is 11.5 Å². The Morgan fingerprint density at radius 2 is 1.40 bits per heavy atom. The Labute approximate surface area is 142 Å². The van der Waals surface area contributed by atoms with E-state index in [0.717, 1.165) is 17.4 Å². The van der Waals surface area contributed by atoms with E-state index in [2.05, 4.69) is 0 Å². The summed E-state index contributed by atoms with van der Waals surface area (Å²) in [7, 11) is 0. The van der Waals surface area contributed by atoms with Gasteiger partial charge >= 0.3 is 0 Å². The monoisotopic (exact) mass is 494 g/mol. The molecule has 0 amide bonds. The van der Waals surface area contributed by atoms with E-state index in [9.17, 15) is 15.0 Å². The standard InChI is InChI=1S/C14H8I2O4/c15-11-9(18)3-1-6-8(5-17)7-2-4-10(19)12(16)14(7)20-13(6)11/h1-5,8,18-19H. The minimum atomic E-state index is -0.461. The zero-order chi connectivity index (χ0) is 14.4. The molecule has 0 bridgehead atoms. The smallest absolute Gasteiger partial charge is 0.148 e. The highest BCUT2D eigenvalue weighted by Crippen LogP contribution is 2.50. The van der Waals surface area contributed by atoms with Crippen LogP contribution in [-0.4, -0.2) is 16.5 Å². The lowest BCUT2D eigenvalue weighted by atomic mass is 9.89. The van der Waals surface area contributed by atoms with Gasteiger partial charge in [-0.25, -0.2) is 0 Å². The second-order valence-electron chi connectivity index (χ2n) is 4.35. The molecule has 2 aromatic rings. The van der Waals surface area contributed by atoms with Crippen LogP contribution >= 0.6 is 45.2 Å². The number of carbonyl (C=O) groups is 1. The van der Waals surface area contributed by atoms with E-state index in [1.165, 1.54) is 0 Å². The topological polar surface area (TPSA) is 66.8 Å². The molecule has 2 N–H and O–H groups in total. The molecule has 0 spiro atoms. The molecule has 0 saturated heterocycles. The maximum absolute atomic E-state index is 11.5. The van der Waals surface area contributed by atoms with E-state index in [0.29, 0.717) is 18.6 Å². The number of fused-ring (bicyclic) bond motifs is 2. The summed E-state index contributed by atoms with van der Waals surface area (Å²) in [6, 6.07) is 6.48. The number of ether oxygens (including phenoxy) is 1. The summed E-state index contributed by atoms with van der Waals surface area (Å²) < 4.78 is 6.94. The van der Waals surface area contributed by atoms with Gasteiger partial charge in [0.15, 0.2) is 0 Å². The maximum atomic E-state index is 11.5. The Kier molecular flexibility index (Phi) is 3.53. The molecule has 0 unspecified atom stereocenters. The molecule has 1 aliphatic heterocycles. The van der Waals surface area contributed by atoms with Crippen molar-refractivity contribution < 1.29 is 19.7 Å². The first kappa shape index (κ1) is 13.9. The first-order chi connectivity index (χ1) is 9.54. The molecule has 0 radical (unpaired) electrons. The van der Waals surface area contributed by atoms with Gasteiger partial charge in [0.1, 0.15) is 29.3 Å². The van der Waals surface area contributed by atoms with Crippen molar-refractivity contribution >= 4 is 51.5 Å². The van der Waals surface area contributed by atoms with E-state index in [1.807, 2.05) is 45.2 Å². The number of phenols is 2. The molecule has 0 aliphatic carbocycles. The summed E-state index contributed by atoms with van der Waals surface area (Å²) in [5, 5.41) is 19.6. The van der Waals surface area contributed by atoms with Gasteiger partial charge in [-0.1, -0.05) is 12.1 Å². The number of benzene rings is 2. The highest BCUT2D eigenvalue weighted by molar-refractivity contribution is 14.1. The average molecular weight is 494 g/mol. The van der Waals surface area contributed by atoms with Crippen LogP contribution in [0.15, 0.2) is 24.3 Å². The molecule has 1 heterocycles. The van der Waals surface area contributed by atoms with E-state index >= 15 is 0 Å². The number of aromatic hydroxyl groups is 2. The molecule has 2 aromatic carbocycles. The third kappa shape index (κ3) is 1.96. The first-order valence-corrected chi connectivity index (χ1v) is 7.86. The number of rotatable bonds is 1. The van der Waals surface area contributed by atoms with Crippen molar-refractivity contribution in [2.75, 3.05) is 0 Å². The van der Waals surface area contributed by atoms with Gasteiger partial charge in [-0.2, -0.15) is 0 Å². The molecule has 4 nitrogen and oxygen atoms in total.